The molecule has 0 amide bonds. The van der Waals surface area contributed by atoms with Crippen molar-refractivity contribution in [2.45, 2.75) is 4.90 Å². The minimum atomic E-state index is -4.58. The van der Waals surface area contributed by atoms with Crippen LogP contribution in [-0.4, -0.2) is 13.0 Å². The maximum absolute atomic E-state index is 11.5. The summed E-state index contributed by atoms with van der Waals surface area (Å²) in [5, 5.41) is 0.396. The molecule has 2 heterocycles. The molecule has 8 heteroatoms. The summed E-state index contributed by atoms with van der Waals surface area (Å²) >= 11 is 0. The summed E-state index contributed by atoms with van der Waals surface area (Å²) in [5.41, 5.74) is 1.13. The number of furan rings is 2. The van der Waals surface area contributed by atoms with Gasteiger partial charge in [0.05, 0.1) is 25.3 Å². The molecule has 0 unspecified atom stereocenters. The van der Waals surface area contributed by atoms with E-state index in [4.69, 9.17) is 8.83 Å². The zero-order valence-electron chi connectivity index (χ0n) is 11.7. The summed E-state index contributed by atoms with van der Waals surface area (Å²) in [6.07, 6.45) is 3.00. The molecule has 3 rings (SSSR count). The third kappa shape index (κ3) is 3.38. The molecule has 22 heavy (non-hydrogen) atoms. The third-order valence-corrected chi connectivity index (χ3v) is 6.14. The van der Waals surface area contributed by atoms with E-state index in [1.165, 1.54) is 24.7 Å². The SMILES string of the molecule is O=S(=O)([O-])c1ccccc1P(c1ccco1)c1ccco1.[Li+]. The van der Waals surface area contributed by atoms with Crippen LogP contribution in [0, 0.1) is 0 Å². The van der Waals surface area contributed by atoms with Crippen molar-refractivity contribution in [1.29, 1.82) is 0 Å². The van der Waals surface area contributed by atoms with E-state index in [0.29, 0.717) is 16.3 Å². The van der Waals surface area contributed by atoms with Crippen LogP contribution in [0.15, 0.2) is 74.8 Å². The Morgan fingerprint density at radius 3 is 1.86 bits per heavy atom. The van der Waals surface area contributed by atoms with Crippen molar-refractivity contribution in [2.24, 2.45) is 0 Å². The van der Waals surface area contributed by atoms with Crippen molar-refractivity contribution >= 4 is 34.3 Å². The fourth-order valence-corrected chi connectivity index (χ4v) is 5.20. The van der Waals surface area contributed by atoms with Gasteiger partial charge < -0.3 is 13.4 Å². The van der Waals surface area contributed by atoms with Gasteiger partial charge in [0, 0.05) is 5.30 Å². The first-order valence-corrected chi connectivity index (χ1v) is 8.74. The average molecular weight is 328 g/mol. The third-order valence-electron chi connectivity index (χ3n) is 2.83. The molecule has 2 aromatic heterocycles. The Morgan fingerprint density at radius 1 is 0.864 bits per heavy atom. The van der Waals surface area contributed by atoms with Gasteiger partial charge in [-0.3, -0.25) is 0 Å². The fraction of sp³-hybridized carbons (Fsp3) is 0. The van der Waals surface area contributed by atoms with E-state index >= 15 is 0 Å². The molecule has 0 saturated carbocycles. The van der Waals surface area contributed by atoms with Gasteiger partial charge in [0.25, 0.3) is 0 Å². The van der Waals surface area contributed by atoms with Crippen LogP contribution in [0.5, 0.6) is 0 Å². The van der Waals surface area contributed by atoms with Crippen LogP contribution in [0.2, 0.25) is 0 Å². The van der Waals surface area contributed by atoms with Gasteiger partial charge >= 0.3 is 18.9 Å². The molecule has 1 aromatic carbocycles. The molecule has 0 aliphatic heterocycles. The predicted molar refractivity (Wildman–Crippen MR) is 77.6 cm³/mol. The smallest absolute Gasteiger partial charge is 0.744 e. The first-order chi connectivity index (χ1) is 10.1. The summed E-state index contributed by atoms with van der Waals surface area (Å²) in [7, 11) is -5.95. The molecule has 0 bridgehead atoms. The molecule has 5 nitrogen and oxygen atoms in total. The molecule has 0 saturated heterocycles. The fourth-order valence-electron chi connectivity index (χ4n) is 1.99. The van der Waals surface area contributed by atoms with Crippen LogP contribution in [0.1, 0.15) is 0 Å². The van der Waals surface area contributed by atoms with Gasteiger partial charge in [-0.15, -0.1) is 0 Å². The molecule has 108 valence electrons. The zero-order chi connectivity index (χ0) is 14.9. The van der Waals surface area contributed by atoms with Gasteiger partial charge in [0.2, 0.25) is 0 Å². The molecule has 0 atom stereocenters. The van der Waals surface area contributed by atoms with E-state index in [-0.39, 0.29) is 23.8 Å². The van der Waals surface area contributed by atoms with Gasteiger partial charge in [0.15, 0.2) is 0 Å². The van der Waals surface area contributed by atoms with Crippen molar-refractivity contribution in [1.82, 2.24) is 0 Å². The summed E-state index contributed by atoms with van der Waals surface area (Å²) in [5.74, 6) is 0. The van der Waals surface area contributed by atoms with Crippen LogP contribution in [0.4, 0.5) is 0 Å². The Labute approximate surface area is 141 Å². The maximum Gasteiger partial charge on any atom is 1.00 e. The van der Waals surface area contributed by atoms with E-state index in [1.54, 1.807) is 36.4 Å². The normalized spacial score (nSPS) is 11.4. The van der Waals surface area contributed by atoms with E-state index in [0.717, 1.165) is 0 Å². The van der Waals surface area contributed by atoms with Crippen molar-refractivity contribution in [3.8, 4) is 0 Å². The quantitative estimate of drug-likeness (QED) is 0.332. The van der Waals surface area contributed by atoms with Crippen molar-refractivity contribution < 1.29 is 40.7 Å². The Bertz CT molecular complexity index is 794. The summed E-state index contributed by atoms with van der Waals surface area (Å²) in [4.78, 5) is -0.246. The van der Waals surface area contributed by atoms with E-state index in [2.05, 4.69) is 0 Å². The number of hydrogen-bond acceptors (Lipinski definition) is 5. The Kier molecular flexibility index (Phi) is 5.33. The minimum Gasteiger partial charge on any atom is -0.744 e. The van der Waals surface area contributed by atoms with Crippen LogP contribution in [-0.2, 0) is 10.1 Å². The van der Waals surface area contributed by atoms with Gasteiger partial charge in [-0.1, -0.05) is 18.2 Å². The second-order valence-electron chi connectivity index (χ2n) is 4.16. The molecule has 0 aliphatic carbocycles. The molecule has 0 spiro atoms. The van der Waals surface area contributed by atoms with Crippen molar-refractivity contribution in [2.75, 3.05) is 0 Å². The first kappa shape index (κ1) is 17.1. The largest absolute Gasteiger partial charge is 1.00 e. The van der Waals surface area contributed by atoms with Gasteiger partial charge in [-0.25, -0.2) is 8.42 Å². The second-order valence-corrected chi connectivity index (χ2v) is 7.54. The molecule has 3 aromatic rings. The first-order valence-electron chi connectivity index (χ1n) is 5.99. The van der Waals surface area contributed by atoms with Crippen LogP contribution in [0.3, 0.4) is 0 Å². The molecule has 0 N–H and O–H groups in total. The predicted octanol–water partition coefficient (Wildman–Crippen LogP) is -1.46. The Balaban J connectivity index is 0.00000176. The Morgan fingerprint density at radius 2 is 1.41 bits per heavy atom. The Hall–Kier alpha value is -1.28. The monoisotopic (exact) mass is 328 g/mol. The molecular formula is C14H10LiO5PS. The number of benzene rings is 1. The molecule has 0 radical (unpaired) electrons. The topological polar surface area (TPSA) is 83.5 Å². The van der Waals surface area contributed by atoms with Crippen molar-refractivity contribution in [3.05, 3.63) is 61.1 Å². The van der Waals surface area contributed by atoms with E-state index < -0.39 is 18.0 Å². The maximum atomic E-state index is 11.5. The van der Waals surface area contributed by atoms with Crippen molar-refractivity contribution in [3.63, 3.8) is 0 Å². The number of hydrogen-bond donors (Lipinski definition) is 0. The zero-order valence-corrected chi connectivity index (χ0v) is 13.4. The minimum absolute atomic E-state index is 0. The van der Waals surface area contributed by atoms with Gasteiger partial charge in [-0.05, 0) is 30.3 Å². The van der Waals surface area contributed by atoms with E-state index in [9.17, 15) is 13.0 Å². The molecular weight excluding hydrogens is 318 g/mol. The standard InChI is InChI=1S/C14H11O5PS.Li/c15-21(16,17)12-6-2-1-5-11(12)20(13-7-3-9-18-13)14-8-4-10-19-14;/h1-10H,(H,15,16,17);/q;+1/p-1. The molecule has 0 aliphatic rings. The van der Waals surface area contributed by atoms with E-state index in [1.807, 2.05) is 0 Å². The summed E-state index contributed by atoms with van der Waals surface area (Å²) in [6, 6.07) is 13.0. The molecule has 0 fully saturated rings. The van der Waals surface area contributed by atoms with Crippen LogP contribution < -0.4 is 35.2 Å². The average Bonchev–Trinajstić information content (AvgIpc) is 3.12. The van der Waals surface area contributed by atoms with Crippen LogP contribution >= 0.6 is 7.92 Å². The summed E-state index contributed by atoms with van der Waals surface area (Å²) in [6.45, 7) is 0. The van der Waals surface area contributed by atoms with Gasteiger partial charge in [-0.2, -0.15) is 0 Å². The number of rotatable bonds is 4. The van der Waals surface area contributed by atoms with Crippen LogP contribution in [0.25, 0.3) is 0 Å². The summed E-state index contributed by atoms with van der Waals surface area (Å²) < 4.78 is 45.3. The van der Waals surface area contributed by atoms with Gasteiger partial charge in [0.1, 0.15) is 21.1 Å². The second kappa shape index (κ2) is 6.87.